The Kier molecular flexibility index (Phi) is 8.55. The molecular formula is C27H35F3N6O4. The molecule has 2 heterocycles. The maximum atomic E-state index is 14.0. The minimum atomic E-state index is -4.82. The molecule has 1 saturated heterocycles. The standard InChI is InChI=1S/C27H35F3N6O4/c1-26(2)14-20-23(21(37)15-26)24(27(28,29)30)33-36(20)17-6-7-18(25(31)39)19(13-17)35(16-8-10-32-11-9-16)12-4-3-5-22(38)34-40/h6-7,13,16,32,40H,3-5,8-12,14-15H2,1-2H3,(H2,31,39)(H,34,38). The number of nitrogens with two attached hydrogens (primary N) is 1. The van der Waals surface area contributed by atoms with E-state index in [0.717, 1.165) is 25.9 Å². The fourth-order valence-corrected chi connectivity index (χ4v) is 5.70. The number of hydroxylamine groups is 1. The van der Waals surface area contributed by atoms with Crippen LogP contribution < -0.4 is 21.4 Å². The normalized spacial score (nSPS) is 17.4. The number of Topliss-reactive ketones (excluding diaryl/α,β-unsaturated/α-hetero) is 1. The average Bonchev–Trinajstić information content (AvgIpc) is 3.28. The van der Waals surface area contributed by atoms with Crippen molar-refractivity contribution < 1.29 is 32.8 Å². The maximum Gasteiger partial charge on any atom is 0.435 e. The van der Waals surface area contributed by atoms with E-state index in [1.54, 1.807) is 11.5 Å². The van der Waals surface area contributed by atoms with E-state index in [0.29, 0.717) is 25.1 Å². The number of ketones is 1. The van der Waals surface area contributed by atoms with E-state index in [1.807, 2.05) is 18.7 Å². The summed E-state index contributed by atoms with van der Waals surface area (Å²) >= 11 is 0. The molecule has 2 amide bonds. The number of carbonyl (C=O) groups is 3. The number of hydrogen-bond acceptors (Lipinski definition) is 7. The van der Waals surface area contributed by atoms with Gasteiger partial charge in [0.2, 0.25) is 5.91 Å². The third-order valence-corrected chi connectivity index (χ3v) is 7.54. The number of primary amides is 1. The zero-order valence-electron chi connectivity index (χ0n) is 22.6. The summed E-state index contributed by atoms with van der Waals surface area (Å²) in [7, 11) is 0. The lowest BCUT2D eigenvalue weighted by atomic mass is 9.75. The van der Waals surface area contributed by atoms with Crippen LogP contribution >= 0.6 is 0 Å². The van der Waals surface area contributed by atoms with E-state index >= 15 is 0 Å². The number of halogens is 3. The van der Waals surface area contributed by atoms with Crippen molar-refractivity contribution in [2.75, 3.05) is 24.5 Å². The number of unbranched alkanes of at least 4 members (excludes halogenated alkanes) is 1. The van der Waals surface area contributed by atoms with Crippen LogP contribution in [0.1, 0.15) is 84.5 Å². The van der Waals surface area contributed by atoms with Crippen LogP contribution in [0.15, 0.2) is 18.2 Å². The number of aromatic nitrogens is 2. The molecule has 0 unspecified atom stereocenters. The molecule has 1 aromatic carbocycles. The Balaban J connectivity index is 1.81. The first-order chi connectivity index (χ1) is 18.8. The fraction of sp³-hybridized carbons (Fsp3) is 0.556. The zero-order chi connectivity index (χ0) is 29.2. The van der Waals surface area contributed by atoms with Crippen LogP contribution in [0.3, 0.4) is 0 Å². The van der Waals surface area contributed by atoms with Gasteiger partial charge in [0.05, 0.1) is 28.2 Å². The van der Waals surface area contributed by atoms with E-state index in [4.69, 9.17) is 10.9 Å². The molecule has 218 valence electrons. The van der Waals surface area contributed by atoms with E-state index in [9.17, 15) is 27.6 Å². The van der Waals surface area contributed by atoms with Gasteiger partial charge in [0.25, 0.3) is 5.91 Å². The van der Waals surface area contributed by atoms with Gasteiger partial charge in [-0.1, -0.05) is 13.8 Å². The number of hydrogen-bond donors (Lipinski definition) is 4. The fourth-order valence-electron chi connectivity index (χ4n) is 5.70. The third-order valence-electron chi connectivity index (χ3n) is 7.54. The highest BCUT2D eigenvalue weighted by Crippen LogP contribution is 2.42. The van der Waals surface area contributed by atoms with Crippen LogP contribution in [0.2, 0.25) is 0 Å². The van der Waals surface area contributed by atoms with Crippen LogP contribution in [-0.4, -0.2) is 58.3 Å². The number of benzene rings is 1. The van der Waals surface area contributed by atoms with Gasteiger partial charge in [0.1, 0.15) is 0 Å². The molecule has 1 aliphatic carbocycles. The average molecular weight is 565 g/mol. The molecule has 13 heteroatoms. The second kappa shape index (κ2) is 11.6. The Hall–Kier alpha value is -3.45. The largest absolute Gasteiger partial charge is 0.435 e. The first-order valence-corrected chi connectivity index (χ1v) is 13.4. The molecule has 0 spiro atoms. The van der Waals surface area contributed by atoms with E-state index in [1.165, 1.54) is 16.8 Å². The van der Waals surface area contributed by atoms with Gasteiger partial charge in [-0.2, -0.15) is 18.3 Å². The van der Waals surface area contributed by atoms with Crippen molar-refractivity contribution in [3.63, 3.8) is 0 Å². The summed E-state index contributed by atoms with van der Waals surface area (Å²) in [5.74, 6) is -1.79. The molecular weight excluding hydrogens is 529 g/mol. The predicted molar refractivity (Wildman–Crippen MR) is 141 cm³/mol. The summed E-state index contributed by atoms with van der Waals surface area (Å²) in [6.07, 6.45) is -1.95. The molecule has 2 aliphatic rings. The van der Waals surface area contributed by atoms with Gasteiger partial charge in [-0.05, 0) is 68.8 Å². The molecule has 5 N–H and O–H groups in total. The summed E-state index contributed by atoms with van der Waals surface area (Å²) in [4.78, 5) is 38.9. The van der Waals surface area contributed by atoms with E-state index in [2.05, 4.69) is 10.4 Å². The van der Waals surface area contributed by atoms with Crippen LogP contribution in [0, 0.1) is 5.41 Å². The molecule has 10 nitrogen and oxygen atoms in total. The number of carbonyl (C=O) groups excluding carboxylic acids is 3. The first kappa shape index (κ1) is 29.5. The Morgan fingerprint density at radius 1 is 1.23 bits per heavy atom. The Morgan fingerprint density at radius 3 is 2.55 bits per heavy atom. The molecule has 0 radical (unpaired) electrons. The van der Waals surface area contributed by atoms with Crippen molar-refractivity contribution in [3.05, 3.63) is 40.7 Å². The summed E-state index contributed by atoms with van der Waals surface area (Å²) in [5, 5.41) is 16.0. The second-order valence-corrected chi connectivity index (χ2v) is 11.3. The number of amides is 2. The number of piperidine rings is 1. The topological polar surface area (TPSA) is 143 Å². The molecule has 0 saturated carbocycles. The molecule has 2 aromatic rings. The lowest BCUT2D eigenvalue weighted by Gasteiger charge is -2.37. The van der Waals surface area contributed by atoms with Crippen molar-refractivity contribution in [3.8, 4) is 5.69 Å². The van der Waals surface area contributed by atoms with Gasteiger partial charge in [0, 0.05) is 25.4 Å². The highest BCUT2D eigenvalue weighted by Gasteiger charge is 2.45. The predicted octanol–water partition coefficient (Wildman–Crippen LogP) is 3.38. The Morgan fingerprint density at radius 2 is 1.93 bits per heavy atom. The van der Waals surface area contributed by atoms with E-state index < -0.39 is 40.4 Å². The molecule has 1 fully saturated rings. The van der Waals surface area contributed by atoms with Gasteiger partial charge in [0.15, 0.2) is 11.5 Å². The molecule has 4 rings (SSSR count). The van der Waals surface area contributed by atoms with Crippen LogP contribution in [0.25, 0.3) is 5.69 Å². The number of nitrogens with one attached hydrogen (secondary N) is 2. The minimum Gasteiger partial charge on any atom is -0.368 e. The number of rotatable bonds is 9. The monoisotopic (exact) mass is 564 g/mol. The summed E-state index contributed by atoms with van der Waals surface area (Å²) in [6.45, 7) is 5.60. The van der Waals surface area contributed by atoms with Gasteiger partial charge in [-0.25, -0.2) is 10.2 Å². The van der Waals surface area contributed by atoms with Crippen molar-refractivity contribution >= 4 is 23.3 Å². The first-order valence-electron chi connectivity index (χ1n) is 13.4. The number of anilines is 1. The highest BCUT2D eigenvalue weighted by molar-refractivity contribution is 6.01. The van der Waals surface area contributed by atoms with Crippen molar-refractivity contribution in [1.29, 1.82) is 0 Å². The number of fused-ring (bicyclic) bond motifs is 1. The van der Waals surface area contributed by atoms with E-state index in [-0.39, 0.29) is 42.2 Å². The number of alkyl halides is 3. The van der Waals surface area contributed by atoms with Crippen molar-refractivity contribution in [2.45, 2.75) is 71.0 Å². The lowest BCUT2D eigenvalue weighted by Crippen LogP contribution is -2.44. The Bertz CT molecular complexity index is 1280. The Labute approximate surface area is 230 Å². The molecule has 1 aliphatic heterocycles. The summed E-state index contributed by atoms with van der Waals surface area (Å²) < 4.78 is 43.2. The maximum absolute atomic E-state index is 14.0. The summed E-state index contributed by atoms with van der Waals surface area (Å²) in [6, 6.07) is 4.61. The van der Waals surface area contributed by atoms with Crippen LogP contribution in [0.4, 0.5) is 18.9 Å². The highest BCUT2D eigenvalue weighted by atomic mass is 19.4. The minimum absolute atomic E-state index is 0.0130. The van der Waals surface area contributed by atoms with Crippen molar-refractivity contribution in [2.24, 2.45) is 11.1 Å². The summed E-state index contributed by atoms with van der Waals surface area (Å²) in [5.41, 5.74) is 6.33. The molecule has 0 atom stereocenters. The lowest BCUT2D eigenvalue weighted by molar-refractivity contribution is -0.141. The second-order valence-electron chi connectivity index (χ2n) is 11.3. The van der Waals surface area contributed by atoms with Gasteiger partial charge < -0.3 is 16.0 Å². The van der Waals surface area contributed by atoms with Gasteiger partial charge in [-0.3, -0.25) is 19.6 Å². The smallest absolute Gasteiger partial charge is 0.368 e. The van der Waals surface area contributed by atoms with Crippen LogP contribution in [0.5, 0.6) is 0 Å². The van der Waals surface area contributed by atoms with Gasteiger partial charge >= 0.3 is 6.18 Å². The van der Waals surface area contributed by atoms with Gasteiger partial charge in [-0.15, -0.1) is 0 Å². The molecule has 40 heavy (non-hydrogen) atoms. The SMILES string of the molecule is CC1(C)CC(=O)c2c(C(F)(F)F)nn(-c3ccc(C(N)=O)c(N(CCCCC(=O)NO)C4CCNCC4)c3)c2C1. The third kappa shape index (κ3) is 6.30. The zero-order valence-corrected chi connectivity index (χ0v) is 22.6. The quantitative estimate of drug-likeness (QED) is 0.208. The van der Waals surface area contributed by atoms with Crippen LogP contribution in [-0.2, 0) is 17.4 Å². The van der Waals surface area contributed by atoms with Crippen molar-refractivity contribution in [1.82, 2.24) is 20.6 Å². The molecule has 0 bridgehead atoms. The molecule has 1 aromatic heterocycles. The number of nitrogens with zero attached hydrogens (tertiary/aromatic N) is 3.